The van der Waals surface area contributed by atoms with Gasteiger partial charge in [-0.15, -0.1) is 0 Å². The van der Waals surface area contributed by atoms with E-state index in [0.29, 0.717) is 49.3 Å². The number of rotatable bonds is 5. The molecule has 4 amide bonds. The van der Waals surface area contributed by atoms with Gasteiger partial charge in [0.05, 0.1) is 13.0 Å². The van der Waals surface area contributed by atoms with Gasteiger partial charge in [0.15, 0.2) is 0 Å². The molecule has 1 aromatic heterocycles. The Balaban J connectivity index is 1.30. The number of carbonyl (C=O) groups is 4. The largest absolute Gasteiger partial charge is 0.494 e. The molecule has 2 aliphatic heterocycles. The fourth-order valence-electron chi connectivity index (χ4n) is 6.74. The molecule has 3 aromatic carbocycles. The number of carbonyl (C=O) groups excluding carboxylic acids is 4. The second-order valence-electron chi connectivity index (χ2n) is 13.2. The van der Waals surface area contributed by atoms with Crippen LogP contribution in [0.25, 0.3) is 10.8 Å². The van der Waals surface area contributed by atoms with Gasteiger partial charge < -0.3 is 31.3 Å². The van der Waals surface area contributed by atoms with E-state index in [-0.39, 0.29) is 30.7 Å². The molecule has 0 saturated carbocycles. The summed E-state index contributed by atoms with van der Waals surface area (Å²) in [6.45, 7) is 3.83. The number of aromatic nitrogens is 1. The van der Waals surface area contributed by atoms with Crippen LogP contribution in [0.4, 0.5) is 5.82 Å². The molecule has 1 unspecified atom stereocenters. The number of nitrogens with one attached hydrogen (secondary N) is 3. The number of nitrogens with two attached hydrogens (primary N) is 1. The maximum atomic E-state index is 14.1. The van der Waals surface area contributed by atoms with E-state index < -0.39 is 23.9 Å². The topological polar surface area (TPSA) is 156 Å². The van der Waals surface area contributed by atoms with Crippen molar-refractivity contribution < 1.29 is 23.9 Å². The van der Waals surface area contributed by atoms with Gasteiger partial charge >= 0.3 is 0 Å². The van der Waals surface area contributed by atoms with Crippen LogP contribution in [0.2, 0.25) is 0 Å². The summed E-state index contributed by atoms with van der Waals surface area (Å²) in [6, 6.07) is 20.2. The van der Waals surface area contributed by atoms with Crippen molar-refractivity contribution in [3.63, 3.8) is 0 Å². The van der Waals surface area contributed by atoms with Gasteiger partial charge in [-0.3, -0.25) is 19.2 Å². The van der Waals surface area contributed by atoms with Crippen molar-refractivity contribution in [1.82, 2.24) is 25.8 Å². The molecule has 5 N–H and O–H groups in total. The Kier molecular flexibility index (Phi) is 10.9. The Morgan fingerprint density at radius 1 is 1.02 bits per heavy atom. The number of benzene rings is 3. The molecule has 0 spiro atoms. The quantitative estimate of drug-likeness (QED) is 0.248. The molecule has 11 nitrogen and oxygen atoms in total. The number of hydrogen-bond donors (Lipinski definition) is 4. The highest BCUT2D eigenvalue weighted by Crippen LogP contribution is 2.24. The summed E-state index contributed by atoms with van der Waals surface area (Å²) in [5.41, 5.74) is 9.10. The van der Waals surface area contributed by atoms with E-state index >= 15 is 0 Å². The predicted octanol–water partition coefficient (Wildman–Crippen LogP) is 4.07. The van der Waals surface area contributed by atoms with Gasteiger partial charge in [-0.25, -0.2) is 4.98 Å². The van der Waals surface area contributed by atoms with Crippen LogP contribution in [0.5, 0.6) is 5.75 Å². The molecule has 2 aliphatic rings. The van der Waals surface area contributed by atoms with Crippen molar-refractivity contribution in [3.8, 4) is 5.75 Å². The highest BCUT2D eigenvalue weighted by Gasteiger charge is 2.32. The number of aryl methyl sites for hydroxylation is 2. The highest BCUT2D eigenvalue weighted by atomic mass is 16.5. The molecule has 1 saturated heterocycles. The summed E-state index contributed by atoms with van der Waals surface area (Å²) in [5.74, 6) is -0.459. The molecule has 4 aromatic rings. The summed E-state index contributed by atoms with van der Waals surface area (Å²) in [5, 5.41) is 10.0. The van der Waals surface area contributed by atoms with Gasteiger partial charge in [-0.2, -0.15) is 0 Å². The summed E-state index contributed by atoms with van der Waals surface area (Å²) in [6.07, 6.45) is 4.68. The molecule has 1 fully saturated rings. The number of piperidine rings is 1. The molecule has 3 atom stereocenters. The lowest BCUT2D eigenvalue weighted by atomic mass is 9.94. The number of ether oxygens (including phenoxy) is 1. The Bertz CT molecular complexity index is 1860. The van der Waals surface area contributed by atoms with Gasteiger partial charge in [-0.1, -0.05) is 48.5 Å². The first-order valence-electron chi connectivity index (χ1n) is 17.3. The standard InChI is InChI=1S/C39H44N6O5/c1-25-12-14-30-19-29(25)22-42-38(48)33(15-13-26-7-3-2-4-8-26)43-39(49)34(21-36(46)45-17-6-9-27(24-45)16-18-50-30)44-37(47)31-11-5-10-28-20-35(40)41-23-32(28)31/h2-5,7-8,10-12,14,19-20,23,27,33-34H,6,9,13,15-18,21-22,24H2,1H3,(H2,40,41)(H,42,48)(H,43,49)(H,44,47)/t27?,33-,34-/m0/s1. The smallest absolute Gasteiger partial charge is 0.252 e. The first kappa shape index (κ1) is 34.4. The number of anilines is 1. The summed E-state index contributed by atoms with van der Waals surface area (Å²) < 4.78 is 6.12. The molecule has 0 aliphatic carbocycles. The highest BCUT2D eigenvalue weighted by molar-refractivity contribution is 6.08. The molecule has 260 valence electrons. The van der Waals surface area contributed by atoms with Gasteiger partial charge in [0.2, 0.25) is 17.7 Å². The van der Waals surface area contributed by atoms with E-state index in [4.69, 9.17) is 10.5 Å². The zero-order valence-electron chi connectivity index (χ0n) is 28.3. The number of amides is 4. The van der Waals surface area contributed by atoms with Crippen LogP contribution >= 0.6 is 0 Å². The van der Waals surface area contributed by atoms with E-state index in [1.54, 1.807) is 23.1 Å². The zero-order valence-corrected chi connectivity index (χ0v) is 28.3. The predicted molar refractivity (Wildman–Crippen MR) is 191 cm³/mol. The number of nitrogens with zero attached hydrogens (tertiary/aromatic N) is 2. The second kappa shape index (κ2) is 15.8. The molecular formula is C39H44N6O5. The van der Waals surface area contributed by atoms with E-state index in [1.165, 1.54) is 6.20 Å². The van der Waals surface area contributed by atoms with Crippen LogP contribution in [-0.2, 0) is 27.3 Å². The molecule has 50 heavy (non-hydrogen) atoms. The average molecular weight is 677 g/mol. The molecule has 3 heterocycles. The number of nitrogen functional groups attached to an aromatic ring is 1. The van der Waals surface area contributed by atoms with Crippen LogP contribution in [0.1, 0.15) is 59.2 Å². The molecular weight excluding hydrogens is 632 g/mol. The SMILES string of the molecule is Cc1ccc2cc1CNC(=O)[C@H](CCc1ccccc1)NC(=O)[C@@H](NC(=O)c1cccc3cc(N)ncc13)CC(=O)N1CCCC(CCO2)C1. The van der Waals surface area contributed by atoms with Crippen LogP contribution in [0, 0.1) is 12.8 Å². The minimum Gasteiger partial charge on any atom is -0.494 e. The van der Waals surface area contributed by atoms with Crippen molar-refractivity contribution >= 4 is 40.2 Å². The summed E-state index contributed by atoms with van der Waals surface area (Å²) in [7, 11) is 0. The molecule has 4 bridgehead atoms. The van der Waals surface area contributed by atoms with Crippen molar-refractivity contribution in [2.75, 3.05) is 25.4 Å². The summed E-state index contributed by atoms with van der Waals surface area (Å²) in [4.78, 5) is 61.5. The minimum absolute atomic E-state index is 0.238. The first-order valence-corrected chi connectivity index (χ1v) is 17.3. The van der Waals surface area contributed by atoms with Crippen LogP contribution in [-0.4, -0.2) is 65.3 Å². The first-order chi connectivity index (χ1) is 24.2. The average Bonchev–Trinajstić information content (AvgIpc) is 3.12. The summed E-state index contributed by atoms with van der Waals surface area (Å²) >= 11 is 0. The monoisotopic (exact) mass is 676 g/mol. The maximum absolute atomic E-state index is 14.1. The second-order valence-corrected chi connectivity index (χ2v) is 13.2. The Labute approximate surface area is 292 Å². The Hall–Kier alpha value is -5.45. The fourth-order valence-corrected chi connectivity index (χ4v) is 6.74. The third-order valence-electron chi connectivity index (χ3n) is 9.67. The van der Waals surface area contributed by atoms with Gasteiger partial charge in [0.25, 0.3) is 5.91 Å². The van der Waals surface area contributed by atoms with Crippen LogP contribution < -0.4 is 26.4 Å². The lowest BCUT2D eigenvalue weighted by Crippen LogP contribution is -2.55. The van der Waals surface area contributed by atoms with Crippen LogP contribution in [0.3, 0.4) is 0 Å². The van der Waals surface area contributed by atoms with E-state index in [0.717, 1.165) is 47.1 Å². The normalized spacial score (nSPS) is 20.5. The Morgan fingerprint density at radius 2 is 1.86 bits per heavy atom. The molecule has 6 rings (SSSR count). The van der Waals surface area contributed by atoms with Crippen molar-refractivity contribution in [1.29, 1.82) is 0 Å². The zero-order chi connectivity index (χ0) is 35.0. The van der Waals surface area contributed by atoms with E-state index in [9.17, 15) is 19.2 Å². The van der Waals surface area contributed by atoms with Crippen molar-refractivity contribution in [3.05, 3.63) is 101 Å². The lowest BCUT2D eigenvalue weighted by Gasteiger charge is -2.34. The molecule has 0 radical (unpaired) electrons. The third kappa shape index (κ3) is 8.58. The number of pyridine rings is 1. The minimum atomic E-state index is -1.24. The lowest BCUT2D eigenvalue weighted by molar-refractivity contribution is -0.137. The maximum Gasteiger partial charge on any atom is 0.252 e. The molecule has 11 heteroatoms. The van der Waals surface area contributed by atoms with Gasteiger partial charge in [-0.05, 0) is 91.3 Å². The van der Waals surface area contributed by atoms with E-state index in [2.05, 4.69) is 20.9 Å². The fraction of sp³-hybridized carbons (Fsp3) is 0.359. The third-order valence-corrected chi connectivity index (χ3v) is 9.67. The van der Waals surface area contributed by atoms with Crippen molar-refractivity contribution in [2.24, 2.45) is 5.92 Å². The number of hydrogen-bond acceptors (Lipinski definition) is 7. The van der Waals surface area contributed by atoms with E-state index in [1.807, 2.05) is 61.5 Å². The number of fused-ring (bicyclic) bond motifs is 5. The van der Waals surface area contributed by atoms with Gasteiger partial charge in [0.1, 0.15) is 23.7 Å². The van der Waals surface area contributed by atoms with Gasteiger partial charge in [0, 0.05) is 36.8 Å². The van der Waals surface area contributed by atoms with Crippen LogP contribution in [0.15, 0.2) is 79.0 Å². The Morgan fingerprint density at radius 3 is 2.70 bits per heavy atom. The van der Waals surface area contributed by atoms with Crippen molar-refractivity contribution in [2.45, 2.75) is 64.1 Å².